The molecule has 0 atom stereocenters. The van der Waals surface area contributed by atoms with E-state index in [0.717, 1.165) is 16.6 Å². The number of rotatable bonds is 4. The van der Waals surface area contributed by atoms with E-state index in [1.165, 1.54) is 6.08 Å². The molecule has 1 aromatic heterocycles. The molecule has 22 heavy (non-hydrogen) atoms. The zero-order valence-corrected chi connectivity index (χ0v) is 11.8. The van der Waals surface area contributed by atoms with E-state index in [-0.39, 0.29) is 11.9 Å². The highest BCUT2D eigenvalue weighted by molar-refractivity contribution is 5.99. The quantitative estimate of drug-likeness (QED) is 0.722. The van der Waals surface area contributed by atoms with E-state index in [9.17, 15) is 4.79 Å². The lowest BCUT2D eigenvalue weighted by molar-refractivity contribution is -0.111. The van der Waals surface area contributed by atoms with E-state index in [1.807, 2.05) is 54.6 Å². The number of aromatic nitrogens is 2. The van der Waals surface area contributed by atoms with Crippen molar-refractivity contribution in [3.63, 3.8) is 0 Å². The van der Waals surface area contributed by atoms with Gasteiger partial charge in [-0.2, -0.15) is 4.98 Å². The molecule has 0 aliphatic rings. The van der Waals surface area contributed by atoms with E-state index in [2.05, 4.69) is 27.2 Å². The maximum Gasteiger partial charge on any atom is 0.250 e. The van der Waals surface area contributed by atoms with Gasteiger partial charge in [0.2, 0.25) is 11.9 Å². The van der Waals surface area contributed by atoms with Gasteiger partial charge in [0.05, 0.1) is 5.52 Å². The Morgan fingerprint density at radius 1 is 1.00 bits per heavy atom. The highest BCUT2D eigenvalue weighted by atomic mass is 16.1. The number of carbonyl (C=O) groups excluding carboxylic acids is 1. The van der Waals surface area contributed by atoms with E-state index in [4.69, 9.17) is 0 Å². The highest BCUT2D eigenvalue weighted by Crippen LogP contribution is 2.24. The molecule has 5 heteroatoms. The maximum absolute atomic E-state index is 11.5. The fraction of sp³-hybridized carbons (Fsp3) is 0. The molecule has 0 bridgehead atoms. The number of hydrogen-bond donors (Lipinski definition) is 2. The SMILES string of the molecule is C=CC(=O)Nc1nc(Nc2ccccc2)c2ccccc2n1. The van der Waals surface area contributed by atoms with Crippen LogP contribution in [0.2, 0.25) is 0 Å². The van der Waals surface area contributed by atoms with Crippen LogP contribution in [-0.2, 0) is 4.79 Å². The predicted molar refractivity (Wildman–Crippen MR) is 88.1 cm³/mol. The second kappa shape index (κ2) is 6.05. The standard InChI is InChI=1S/C17H14N4O/c1-2-15(22)20-17-19-14-11-7-6-10-13(14)16(21-17)18-12-8-4-3-5-9-12/h2-11H,1H2,(H2,18,19,20,21,22). The third kappa shape index (κ3) is 2.93. The van der Waals surface area contributed by atoms with Crippen LogP contribution in [0.15, 0.2) is 67.3 Å². The second-order valence-corrected chi connectivity index (χ2v) is 4.60. The average molecular weight is 290 g/mol. The summed E-state index contributed by atoms with van der Waals surface area (Å²) in [7, 11) is 0. The Labute approximate surface area is 127 Å². The Balaban J connectivity index is 2.06. The summed E-state index contributed by atoms with van der Waals surface area (Å²) in [5.41, 5.74) is 1.66. The van der Waals surface area contributed by atoms with E-state index in [0.29, 0.717) is 5.82 Å². The molecular weight excluding hydrogens is 276 g/mol. The maximum atomic E-state index is 11.5. The molecule has 5 nitrogen and oxygen atoms in total. The number of carbonyl (C=O) groups is 1. The predicted octanol–water partition coefficient (Wildman–Crippen LogP) is 3.50. The van der Waals surface area contributed by atoms with Crippen LogP contribution in [0.1, 0.15) is 0 Å². The number of hydrogen-bond acceptors (Lipinski definition) is 4. The molecule has 108 valence electrons. The largest absolute Gasteiger partial charge is 0.340 e. The number of amides is 1. The summed E-state index contributed by atoms with van der Waals surface area (Å²) in [5, 5.41) is 6.72. The van der Waals surface area contributed by atoms with Crippen molar-refractivity contribution in [2.45, 2.75) is 0 Å². The van der Waals surface area contributed by atoms with Crippen LogP contribution < -0.4 is 10.6 Å². The smallest absolute Gasteiger partial charge is 0.250 e. The van der Waals surface area contributed by atoms with Gasteiger partial charge in [-0.15, -0.1) is 0 Å². The molecule has 0 saturated heterocycles. The number of fused-ring (bicyclic) bond motifs is 1. The number of para-hydroxylation sites is 2. The zero-order chi connectivity index (χ0) is 15.4. The minimum absolute atomic E-state index is 0.238. The molecule has 1 amide bonds. The van der Waals surface area contributed by atoms with Crippen LogP contribution in [0.25, 0.3) is 10.9 Å². The van der Waals surface area contributed by atoms with Gasteiger partial charge in [0.15, 0.2) is 0 Å². The van der Waals surface area contributed by atoms with Crippen LogP contribution in [0.4, 0.5) is 17.5 Å². The van der Waals surface area contributed by atoms with Crippen molar-refractivity contribution in [3.8, 4) is 0 Å². The fourth-order valence-corrected chi connectivity index (χ4v) is 2.05. The summed E-state index contributed by atoms with van der Waals surface area (Å²) in [6.07, 6.45) is 1.18. The first-order chi connectivity index (χ1) is 10.8. The van der Waals surface area contributed by atoms with Crippen molar-refractivity contribution >= 4 is 34.3 Å². The zero-order valence-electron chi connectivity index (χ0n) is 11.8. The van der Waals surface area contributed by atoms with Crippen molar-refractivity contribution in [1.82, 2.24) is 9.97 Å². The van der Waals surface area contributed by atoms with Crippen molar-refractivity contribution in [2.75, 3.05) is 10.6 Å². The Morgan fingerprint density at radius 3 is 2.50 bits per heavy atom. The summed E-state index contributed by atoms with van der Waals surface area (Å²) >= 11 is 0. The molecule has 0 saturated carbocycles. The van der Waals surface area contributed by atoms with Gasteiger partial charge in [0, 0.05) is 11.1 Å². The first kappa shape index (κ1) is 13.8. The Morgan fingerprint density at radius 2 is 1.73 bits per heavy atom. The van der Waals surface area contributed by atoms with Gasteiger partial charge in [0.25, 0.3) is 0 Å². The molecule has 3 aromatic rings. The minimum Gasteiger partial charge on any atom is -0.340 e. The molecule has 3 rings (SSSR count). The summed E-state index contributed by atoms with van der Waals surface area (Å²) in [5.74, 6) is 0.527. The first-order valence-electron chi connectivity index (χ1n) is 6.78. The molecule has 0 aliphatic heterocycles. The Bertz CT molecular complexity index is 830. The van der Waals surface area contributed by atoms with E-state index in [1.54, 1.807) is 0 Å². The van der Waals surface area contributed by atoms with Gasteiger partial charge in [-0.1, -0.05) is 36.9 Å². The lowest BCUT2D eigenvalue weighted by Crippen LogP contribution is -2.11. The monoisotopic (exact) mass is 290 g/mol. The number of benzene rings is 2. The van der Waals surface area contributed by atoms with Crippen LogP contribution >= 0.6 is 0 Å². The molecular formula is C17H14N4O. The molecule has 1 heterocycles. The van der Waals surface area contributed by atoms with Crippen LogP contribution in [0.3, 0.4) is 0 Å². The number of nitrogens with zero attached hydrogens (tertiary/aromatic N) is 2. The van der Waals surface area contributed by atoms with Gasteiger partial charge in [-0.05, 0) is 30.3 Å². The van der Waals surface area contributed by atoms with E-state index < -0.39 is 0 Å². The topological polar surface area (TPSA) is 66.9 Å². The van der Waals surface area contributed by atoms with Crippen molar-refractivity contribution in [1.29, 1.82) is 0 Å². The van der Waals surface area contributed by atoms with Crippen molar-refractivity contribution in [2.24, 2.45) is 0 Å². The Hall–Kier alpha value is -3.21. The molecule has 0 spiro atoms. The highest BCUT2D eigenvalue weighted by Gasteiger charge is 2.09. The fourth-order valence-electron chi connectivity index (χ4n) is 2.05. The molecule has 0 fully saturated rings. The molecule has 0 unspecified atom stereocenters. The van der Waals surface area contributed by atoms with Crippen LogP contribution in [0.5, 0.6) is 0 Å². The average Bonchev–Trinajstić information content (AvgIpc) is 2.55. The molecule has 2 N–H and O–H groups in total. The Kier molecular flexibility index (Phi) is 3.78. The van der Waals surface area contributed by atoms with Gasteiger partial charge in [-0.25, -0.2) is 4.98 Å². The summed E-state index contributed by atoms with van der Waals surface area (Å²) in [4.78, 5) is 20.2. The number of nitrogens with one attached hydrogen (secondary N) is 2. The van der Waals surface area contributed by atoms with Crippen molar-refractivity contribution < 1.29 is 4.79 Å². The number of anilines is 3. The second-order valence-electron chi connectivity index (χ2n) is 4.60. The third-order valence-electron chi connectivity index (χ3n) is 3.06. The van der Waals surface area contributed by atoms with Crippen molar-refractivity contribution in [3.05, 3.63) is 67.3 Å². The van der Waals surface area contributed by atoms with Crippen LogP contribution in [-0.4, -0.2) is 15.9 Å². The normalized spacial score (nSPS) is 10.2. The van der Waals surface area contributed by atoms with Gasteiger partial charge < -0.3 is 5.32 Å². The summed E-state index contributed by atoms with van der Waals surface area (Å²) in [6, 6.07) is 17.3. The lowest BCUT2D eigenvalue weighted by atomic mass is 10.2. The summed E-state index contributed by atoms with van der Waals surface area (Å²) in [6.45, 7) is 3.43. The molecule has 2 aromatic carbocycles. The van der Waals surface area contributed by atoms with Gasteiger partial charge in [-0.3, -0.25) is 10.1 Å². The minimum atomic E-state index is -0.346. The van der Waals surface area contributed by atoms with Gasteiger partial charge >= 0.3 is 0 Å². The summed E-state index contributed by atoms with van der Waals surface area (Å²) < 4.78 is 0. The molecule has 0 radical (unpaired) electrons. The molecule has 0 aliphatic carbocycles. The first-order valence-corrected chi connectivity index (χ1v) is 6.78. The van der Waals surface area contributed by atoms with E-state index >= 15 is 0 Å². The van der Waals surface area contributed by atoms with Gasteiger partial charge in [0.1, 0.15) is 5.82 Å². The third-order valence-corrected chi connectivity index (χ3v) is 3.06. The lowest BCUT2D eigenvalue weighted by Gasteiger charge is -2.10. The van der Waals surface area contributed by atoms with Crippen LogP contribution in [0, 0.1) is 0 Å².